The van der Waals surface area contributed by atoms with Gasteiger partial charge in [-0.15, -0.1) is 0 Å². The minimum absolute atomic E-state index is 0.0532. The third-order valence-electron chi connectivity index (χ3n) is 4.39. The first kappa shape index (κ1) is 14.1. The number of carbonyl (C=O) groups excluding carboxylic acids is 2. The van der Waals surface area contributed by atoms with Crippen molar-refractivity contribution in [2.75, 3.05) is 24.5 Å². The van der Waals surface area contributed by atoms with Crippen molar-refractivity contribution in [1.29, 1.82) is 0 Å². The summed E-state index contributed by atoms with van der Waals surface area (Å²) in [5.74, 6) is -0.663. The van der Waals surface area contributed by atoms with Crippen molar-refractivity contribution in [3.63, 3.8) is 0 Å². The van der Waals surface area contributed by atoms with Crippen LogP contribution in [0.15, 0.2) is 24.3 Å². The summed E-state index contributed by atoms with van der Waals surface area (Å²) in [7, 11) is 0. The van der Waals surface area contributed by atoms with Gasteiger partial charge in [0.05, 0.1) is 0 Å². The van der Waals surface area contributed by atoms with E-state index in [0.717, 1.165) is 17.7 Å². The summed E-state index contributed by atoms with van der Waals surface area (Å²) in [4.78, 5) is 28.4. The Morgan fingerprint density at radius 3 is 2.52 bits per heavy atom. The fraction of sp³-hybridized carbons (Fsp3) is 0.500. The third-order valence-corrected chi connectivity index (χ3v) is 4.39. The molecule has 2 atom stereocenters. The highest BCUT2D eigenvalue weighted by Crippen LogP contribution is 2.27. The lowest BCUT2D eigenvalue weighted by atomic mass is 10.1. The van der Waals surface area contributed by atoms with Gasteiger partial charge in [0.15, 0.2) is 0 Å². The van der Waals surface area contributed by atoms with Gasteiger partial charge in [-0.25, -0.2) is 0 Å². The van der Waals surface area contributed by atoms with Crippen LogP contribution in [-0.4, -0.2) is 42.4 Å². The Balaban J connectivity index is 1.71. The molecule has 5 nitrogen and oxygen atoms in total. The Kier molecular flexibility index (Phi) is 3.68. The predicted molar refractivity (Wildman–Crippen MR) is 80.8 cm³/mol. The Hall–Kier alpha value is -1.88. The number of rotatable bonds is 2. The molecular weight excluding hydrogens is 266 g/mol. The summed E-state index contributed by atoms with van der Waals surface area (Å²) >= 11 is 0. The maximum absolute atomic E-state index is 12.5. The summed E-state index contributed by atoms with van der Waals surface area (Å²) in [5.41, 5.74) is 7.87. The highest BCUT2D eigenvalue weighted by molar-refractivity contribution is 6.09. The number of nitrogens with zero attached hydrogens (tertiary/aromatic N) is 2. The zero-order valence-electron chi connectivity index (χ0n) is 12.3. The maximum Gasteiger partial charge on any atom is 0.239 e. The van der Waals surface area contributed by atoms with Crippen LogP contribution in [0.25, 0.3) is 0 Å². The minimum atomic E-state index is -0.531. The Morgan fingerprint density at radius 1 is 1.19 bits per heavy atom. The maximum atomic E-state index is 12.5. The minimum Gasteiger partial charge on any atom is -0.340 e. The molecule has 2 aliphatic rings. The molecule has 0 aromatic heterocycles. The molecule has 5 heteroatoms. The van der Waals surface area contributed by atoms with Gasteiger partial charge in [0.25, 0.3) is 0 Å². The molecule has 2 N–H and O–H groups in total. The van der Waals surface area contributed by atoms with Crippen LogP contribution < -0.4 is 10.6 Å². The number of carbonyl (C=O) groups is 2. The fourth-order valence-corrected chi connectivity index (χ4v) is 3.10. The average Bonchev–Trinajstić information content (AvgIpc) is 3.06. The van der Waals surface area contributed by atoms with Gasteiger partial charge in [-0.1, -0.05) is 17.7 Å². The summed E-state index contributed by atoms with van der Waals surface area (Å²) in [6, 6.07) is 7.89. The van der Waals surface area contributed by atoms with Gasteiger partial charge >= 0.3 is 0 Å². The number of amides is 2. The van der Waals surface area contributed by atoms with Crippen molar-refractivity contribution in [1.82, 2.24) is 4.90 Å². The first-order valence-electron chi connectivity index (χ1n) is 7.48. The van der Waals surface area contributed by atoms with E-state index in [-0.39, 0.29) is 17.9 Å². The van der Waals surface area contributed by atoms with Crippen LogP contribution in [0, 0.1) is 12.8 Å². The lowest BCUT2D eigenvalue weighted by Gasteiger charge is -2.20. The number of benzene rings is 1. The van der Waals surface area contributed by atoms with Gasteiger partial charge in [0.1, 0.15) is 5.92 Å². The number of aryl methyl sites for hydroxylation is 1. The molecule has 2 aliphatic heterocycles. The number of anilines is 1. The molecule has 21 heavy (non-hydrogen) atoms. The molecule has 2 amide bonds. The normalized spacial score (nSPS) is 25.7. The molecule has 3 rings (SSSR count). The summed E-state index contributed by atoms with van der Waals surface area (Å²) in [6.07, 6.45) is 1.42. The molecule has 0 saturated carbocycles. The highest BCUT2D eigenvalue weighted by atomic mass is 16.2. The van der Waals surface area contributed by atoms with E-state index >= 15 is 0 Å². The van der Waals surface area contributed by atoms with Crippen molar-refractivity contribution in [2.45, 2.75) is 25.8 Å². The molecule has 1 aromatic carbocycles. The lowest BCUT2D eigenvalue weighted by Crippen LogP contribution is -2.40. The second kappa shape index (κ2) is 5.48. The molecule has 0 aliphatic carbocycles. The molecule has 0 spiro atoms. The van der Waals surface area contributed by atoms with Crippen molar-refractivity contribution in [3.8, 4) is 0 Å². The van der Waals surface area contributed by atoms with E-state index in [2.05, 4.69) is 0 Å². The Bertz CT molecular complexity index is 555. The van der Waals surface area contributed by atoms with E-state index in [1.165, 1.54) is 0 Å². The van der Waals surface area contributed by atoms with Gasteiger partial charge in [0, 0.05) is 31.4 Å². The van der Waals surface area contributed by atoms with E-state index in [0.29, 0.717) is 26.1 Å². The number of hydrogen-bond acceptors (Lipinski definition) is 3. The van der Waals surface area contributed by atoms with Crippen LogP contribution in [0.1, 0.15) is 18.4 Å². The molecule has 2 fully saturated rings. The molecule has 1 aromatic rings. The van der Waals surface area contributed by atoms with Gasteiger partial charge in [-0.3, -0.25) is 9.59 Å². The van der Waals surface area contributed by atoms with Crippen molar-refractivity contribution in [3.05, 3.63) is 29.8 Å². The number of likely N-dealkylation sites (tertiary alicyclic amines) is 1. The highest BCUT2D eigenvalue weighted by Gasteiger charge is 2.40. The van der Waals surface area contributed by atoms with Crippen LogP contribution in [0.3, 0.4) is 0 Å². The van der Waals surface area contributed by atoms with E-state index in [1.807, 2.05) is 31.2 Å². The smallest absolute Gasteiger partial charge is 0.239 e. The van der Waals surface area contributed by atoms with Gasteiger partial charge in [0.2, 0.25) is 11.8 Å². The van der Waals surface area contributed by atoms with Crippen LogP contribution in [0.4, 0.5) is 5.69 Å². The summed E-state index contributed by atoms with van der Waals surface area (Å²) < 4.78 is 0. The van der Waals surface area contributed by atoms with Crippen LogP contribution in [-0.2, 0) is 9.59 Å². The molecule has 2 heterocycles. The second-order valence-electron chi connectivity index (χ2n) is 6.00. The largest absolute Gasteiger partial charge is 0.340 e. The fourth-order valence-electron chi connectivity index (χ4n) is 3.10. The van der Waals surface area contributed by atoms with Crippen LogP contribution in [0.5, 0.6) is 0 Å². The molecule has 2 saturated heterocycles. The molecule has 112 valence electrons. The Morgan fingerprint density at radius 2 is 1.90 bits per heavy atom. The van der Waals surface area contributed by atoms with Crippen molar-refractivity contribution < 1.29 is 9.59 Å². The van der Waals surface area contributed by atoms with Gasteiger partial charge < -0.3 is 15.5 Å². The summed E-state index contributed by atoms with van der Waals surface area (Å²) in [6.45, 7) is 3.87. The van der Waals surface area contributed by atoms with Gasteiger partial charge in [-0.2, -0.15) is 0 Å². The number of nitrogens with two attached hydrogens (primary N) is 1. The van der Waals surface area contributed by atoms with Crippen molar-refractivity contribution in [2.24, 2.45) is 11.7 Å². The topological polar surface area (TPSA) is 66.6 Å². The van der Waals surface area contributed by atoms with E-state index < -0.39 is 5.92 Å². The first-order valence-corrected chi connectivity index (χ1v) is 7.48. The SMILES string of the molecule is Cc1ccc(N2CC[C@@H](C(=O)N3CC[C@H](N)C3)C2=O)cc1. The average molecular weight is 287 g/mol. The van der Waals surface area contributed by atoms with E-state index in [1.54, 1.807) is 9.80 Å². The molecule has 0 radical (unpaired) electrons. The summed E-state index contributed by atoms with van der Waals surface area (Å²) in [5, 5.41) is 0. The third kappa shape index (κ3) is 2.65. The molecule has 0 bridgehead atoms. The van der Waals surface area contributed by atoms with E-state index in [4.69, 9.17) is 5.73 Å². The van der Waals surface area contributed by atoms with Crippen LogP contribution in [0.2, 0.25) is 0 Å². The van der Waals surface area contributed by atoms with Crippen LogP contribution >= 0.6 is 0 Å². The standard InChI is InChI=1S/C16H21N3O2/c1-11-2-4-13(5-3-11)19-9-7-14(16(19)21)15(20)18-8-6-12(17)10-18/h2-5,12,14H,6-10,17H2,1H3/t12-,14-/m0/s1. The molecule has 0 unspecified atom stereocenters. The Labute approximate surface area is 124 Å². The monoisotopic (exact) mass is 287 g/mol. The van der Waals surface area contributed by atoms with Gasteiger partial charge in [-0.05, 0) is 31.9 Å². The lowest BCUT2D eigenvalue weighted by molar-refractivity contribution is -0.139. The zero-order valence-corrected chi connectivity index (χ0v) is 12.3. The quantitative estimate of drug-likeness (QED) is 0.822. The van der Waals surface area contributed by atoms with Crippen molar-refractivity contribution >= 4 is 17.5 Å². The number of hydrogen-bond donors (Lipinski definition) is 1. The first-order chi connectivity index (χ1) is 10.1. The zero-order chi connectivity index (χ0) is 15.0. The molecular formula is C16H21N3O2. The van der Waals surface area contributed by atoms with E-state index in [9.17, 15) is 9.59 Å². The second-order valence-corrected chi connectivity index (χ2v) is 6.00. The predicted octanol–water partition coefficient (Wildman–Crippen LogP) is 0.908.